The fourth-order valence-electron chi connectivity index (χ4n) is 3.02. The van der Waals surface area contributed by atoms with Gasteiger partial charge in [0.1, 0.15) is 6.61 Å². The van der Waals surface area contributed by atoms with Crippen LogP contribution in [0.4, 0.5) is 18.0 Å². The summed E-state index contributed by atoms with van der Waals surface area (Å²) in [7, 11) is 0. The van der Waals surface area contributed by atoms with E-state index in [4.69, 9.17) is 5.11 Å². The molecule has 1 aromatic carbocycles. The van der Waals surface area contributed by atoms with Crippen LogP contribution in [-0.2, 0) is 22.7 Å². The lowest BCUT2D eigenvalue weighted by molar-refractivity contribution is -0.176. The van der Waals surface area contributed by atoms with Crippen molar-refractivity contribution in [2.24, 2.45) is 5.92 Å². The second-order valence-electron chi connectivity index (χ2n) is 6.64. The Morgan fingerprint density at radius 3 is 2.44 bits per heavy atom. The standard InChI is InChI=1S/C18H23F3N2O4/c19-18(20,21)11-27-10-13-3-1-2-12(8-13)9-22-17(26)23-15-6-4-14(5-7-15)16(24)25/h1-3,8,14-15H,4-7,9-11H2,(H,24,25)(H2,22,23,26). The molecule has 2 amide bonds. The SMILES string of the molecule is O=C(NCc1cccc(COCC(F)(F)F)c1)NC1CCC(C(=O)O)CC1. The van der Waals surface area contributed by atoms with Crippen LogP contribution in [0.15, 0.2) is 24.3 Å². The van der Waals surface area contributed by atoms with Crippen LogP contribution in [0.3, 0.4) is 0 Å². The van der Waals surface area contributed by atoms with Gasteiger partial charge in [0, 0.05) is 12.6 Å². The smallest absolute Gasteiger partial charge is 0.411 e. The molecule has 150 valence electrons. The summed E-state index contributed by atoms with van der Waals surface area (Å²) < 4.78 is 40.9. The molecule has 1 saturated carbocycles. The number of alkyl halides is 3. The summed E-state index contributed by atoms with van der Waals surface area (Å²) in [5, 5.41) is 14.5. The first-order valence-electron chi connectivity index (χ1n) is 8.72. The van der Waals surface area contributed by atoms with Crippen LogP contribution in [-0.4, -0.2) is 35.9 Å². The number of carboxylic acids is 1. The molecule has 0 radical (unpaired) electrons. The van der Waals surface area contributed by atoms with E-state index in [0.717, 1.165) is 5.56 Å². The molecule has 27 heavy (non-hydrogen) atoms. The molecule has 0 spiro atoms. The number of carbonyl (C=O) groups excluding carboxylic acids is 1. The van der Waals surface area contributed by atoms with Crippen molar-refractivity contribution in [2.45, 2.75) is 51.1 Å². The number of carbonyl (C=O) groups is 2. The van der Waals surface area contributed by atoms with Gasteiger partial charge < -0.3 is 20.5 Å². The van der Waals surface area contributed by atoms with Crippen LogP contribution in [0.2, 0.25) is 0 Å². The summed E-state index contributed by atoms with van der Waals surface area (Å²) in [5.41, 5.74) is 1.33. The molecule has 2 rings (SSSR count). The first-order chi connectivity index (χ1) is 12.7. The normalized spacial score (nSPS) is 20.1. The number of aliphatic carboxylic acids is 1. The first-order valence-corrected chi connectivity index (χ1v) is 8.72. The van der Waals surface area contributed by atoms with Crippen LogP contribution in [0.25, 0.3) is 0 Å². The Balaban J connectivity index is 1.72. The third kappa shape index (κ3) is 7.86. The lowest BCUT2D eigenvalue weighted by Gasteiger charge is -2.26. The minimum atomic E-state index is -4.36. The van der Waals surface area contributed by atoms with Gasteiger partial charge in [0.15, 0.2) is 0 Å². The number of benzene rings is 1. The van der Waals surface area contributed by atoms with Gasteiger partial charge >= 0.3 is 18.2 Å². The van der Waals surface area contributed by atoms with Crippen molar-refractivity contribution in [1.82, 2.24) is 10.6 Å². The molecular weight excluding hydrogens is 365 g/mol. The van der Waals surface area contributed by atoms with Gasteiger partial charge in [-0.15, -0.1) is 0 Å². The van der Waals surface area contributed by atoms with Crippen molar-refractivity contribution >= 4 is 12.0 Å². The van der Waals surface area contributed by atoms with Gasteiger partial charge in [0.2, 0.25) is 0 Å². The topological polar surface area (TPSA) is 87.7 Å². The maximum absolute atomic E-state index is 12.1. The van der Waals surface area contributed by atoms with E-state index < -0.39 is 18.8 Å². The summed E-state index contributed by atoms with van der Waals surface area (Å²) in [6.45, 7) is -1.24. The minimum Gasteiger partial charge on any atom is -0.481 e. The average Bonchev–Trinajstić information content (AvgIpc) is 2.60. The Kier molecular flexibility index (Phi) is 7.46. The van der Waals surface area contributed by atoms with Crippen molar-refractivity contribution in [3.63, 3.8) is 0 Å². The molecule has 1 fully saturated rings. The Hall–Kier alpha value is -2.29. The molecule has 1 aliphatic carbocycles. The van der Waals surface area contributed by atoms with Gasteiger partial charge in [-0.05, 0) is 36.8 Å². The minimum absolute atomic E-state index is 0.0531. The van der Waals surface area contributed by atoms with Crippen LogP contribution in [0, 0.1) is 5.92 Å². The summed E-state index contributed by atoms with van der Waals surface area (Å²) >= 11 is 0. The molecule has 1 aromatic rings. The molecule has 0 atom stereocenters. The van der Waals surface area contributed by atoms with E-state index in [-0.39, 0.29) is 31.1 Å². The average molecular weight is 388 g/mol. The van der Waals surface area contributed by atoms with E-state index in [2.05, 4.69) is 15.4 Å². The number of rotatable bonds is 7. The molecule has 6 nitrogen and oxygen atoms in total. The molecule has 1 aliphatic rings. The van der Waals surface area contributed by atoms with Crippen LogP contribution < -0.4 is 10.6 Å². The summed E-state index contributed by atoms with van der Waals surface area (Å²) in [6.07, 6.45) is -2.03. The van der Waals surface area contributed by atoms with Gasteiger partial charge in [-0.1, -0.05) is 24.3 Å². The highest BCUT2D eigenvalue weighted by Gasteiger charge is 2.27. The number of halogens is 3. The number of urea groups is 1. The van der Waals surface area contributed by atoms with Crippen molar-refractivity contribution < 1.29 is 32.6 Å². The molecule has 0 saturated heterocycles. The van der Waals surface area contributed by atoms with E-state index in [1.165, 1.54) is 0 Å². The first kappa shape index (κ1) is 21.0. The molecule has 0 aliphatic heterocycles. The maximum atomic E-state index is 12.1. The van der Waals surface area contributed by atoms with Crippen LogP contribution in [0.5, 0.6) is 0 Å². The quantitative estimate of drug-likeness (QED) is 0.669. The highest BCUT2D eigenvalue weighted by Crippen LogP contribution is 2.24. The molecule has 0 aromatic heterocycles. The fourth-order valence-corrected chi connectivity index (χ4v) is 3.02. The zero-order valence-corrected chi connectivity index (χ0v) is 14.7. The lowest BCUT2D eigenvalue weighted by Crippen LogP contribution is -2.43. The number of nitrogens with one attached hydrogen (secondary N) is 2. The fraction of sp³-hybridized carbons (Fsp3) is 0.556. The highest BCUT2D eigenvalue weighted by atomic mass is 19.4. The molecule has 3 N–H and O–H groups in total. The van der Waals surface area contributed by atoms with Gasteiger partial charge in [-0.3, -0.25) is 4.79 Å². The van der Waals surface area contributed by atoms with Crippen molar-refractivity contribution in [2.75, 3.05) is 6.61 Å². The zero-order chi connectivity index (χ0) is 19.9. The molecule has 0 heterocycles. The third-order valence-electron chi connectivity index (χ3n) is 4.39. The third-order valence-corrected chi connectivity index (χ3v) is 4.39. The Morgan fingerprint density at radius 1 is 1.15 bits per heavy atom. The van der Waals surface area contributed by atoms with E-state index in [0.29, 0.717) is 31.2 Å². The Morgan fingerprint density at radius 2 is 1.81 bits per heavy atom. The van der Waals surface area contributed by atoms with Gasteiger partial charge in [-0.2, -0.15) is 13.2 Å². The largest absolute Gasteiger partial charge is 0.481 e. The number of hydrogen-bond acceptors (Lipinski definition) is 3. The number of amides is 2. The van der Waals surface area contributed by atoms with E-state index in [1.807, 2.05) is 0 Å². The van der Waals surface area contributed by atoms with E-state index >= 15 is 0 Å². The Bertz CT molecular complexity index is 644. The molecule has 0 unspecified atom stereocenters. The predicted molar refractivity (Wildman–Crippen MR) is 90.9 cm³/mol. The summed E-state index contributed by atoms with van der Waals surface area (Å²) in [4.78, 5) is 22.9. The second-order valence-corrected chi connectivity index (χ2v) is 6.64. The number of hydrogen-bond donors (Lipinski definition) is 3. The Labute approximate surface area is 155 Å². The van der Waals surface area contributed by atoms with Crippen molar-refractivity contribution in [1.29, 1.82) is 0 Å². The number of carboxylic acid groups (broad SMARTS) is 1. The highest BCUT2D eigenvalue weighted by molar-refractivity contribution is 5.74. The van der Waals surface area contributed by atoms with Gasteiger partial charge in [-0.25, -0.2) is 4.79 Å². The zero-order valence-electron chi connectivity index (χ0n) is 14.7. The van der Waals surface area contributed by atoms with Crippen molar-refractivity contribution in [3.8, 4) is 0 Å². The van der Waals surface area contributed by atoms with E-state index in [9.17, 15) is 22.8 Å². The second kappa shape index (κ2) is 9.59. The predicted octanol–water partition coefficient (Wildman–Crippen LogP) is 3.21. The summed E-state index contributed by atoms with van der Waals surface area (Å²) in [5.74, 6) is -1.13. The molecular formula is C18H23F3N2O4. The van der Waals surface area contributed by atoms with Crippen LogP contribution >= 0.6 is 0 Å². The van der Waals surface area contributed by atoms with Crippen LogP contribution in [0.1, 0.15) is 36.8 Å². The summed E-state index contributed by atoms with van der Waals surface area (Å²) in [6, 6.07) is 6.37. The van der Waals surface area contributed by atoms with E-state index in [1.54, 1.807) is 24.3 Å². The maximum Gasteiger partial charge on any atom is 0.411 e. The molecule has 0 bridgehead atoms. The number of ether oxygens (including phenoxy) is 1. The van der Waals surface area contributed by atoms with Gasteiger partial charge in [0.25, 0.3) is 0 Å². The van der Waals surface area contributed by atoms with Crippen molar-refractivity contribution in [3.05, 3.63) is 35.4 Å². The van der Waals surface area contributed by atoms with Gasteiger partial charge in [0.05, 0.1) is 12.5 Å². The lowest BCUT2D eigenvalue weighted by atomic mass is 9.86. The molecule has 9 heteroatoms. The monoisotopic (exact) mass is 388 g/mol.